The molecule has 1 aliphatic rings. The van der Waals surface area contributed by atoms with E-state index in [0.29, 0.717) is 24.3 Å². The van der Waals surface area contributed by atoms with Gasteiger partial charge in [-0.2, -0.15) is 4.98 Å². The number of ether oxygens (including phenoxy) is 1. The lowest BCUT2D eigenvalue weighted by Gasteiger charge is -2.36. The molecule has 3 heterocycles. The summed E-state index contributed by atoms with van der Waals surface area (Å²) in [5, 5.41) is 4.28. The van der Waals surface area contributed by atoms with Crippen LogP contribution in [-0.2, 0) is 4.74 Å². The van der Waals surface area contributed by atoms with Crippen molar-refractivity contribution in [2.45, 2.75) is 6.92 Å². The Bertz CT molecular complexity index is 951. The lowest BCUT2D eigenvalue weighted by molar-refractivity contribution is 0.0517. The molecule has 1 fully saturated rings. The molecule has 0 atom stereocenters. The highest BCUT2D eigenvalue weighted by Gasteiger charge is 2.27. The van der Waals surface area contributed by atoms with Crippen LogP contribution in [0.3, 0.4) is 0 Å². The molecule has 0 amide bonds. The molecule has 0 spiro atoms. The molecular weight excluding hydrogens is 353 g/mol. The number of nitrogens with zero attached hydrogens (tertiary/aromatic N) is 5. The molecule has 1 aliphatic heterocycles. The Kier molecular flexibility index (Phi) is 4.57. The topological polar surface area (TPSA) is 84.6 Å². The van der Waals surface area contributed by atoms with Gasteiger partial charge < -0.3 is 19.1 Å². The highest BCUT2D eigenvalue weighted by atomic mass is 19.1. The maximum absolute atomic E-state index is 13.1. The number of carbonyl (C=O) groups is 1. The smallest absolute Gasteiger partial charge is 0.361 e. The minimum Gasteiger partial charge on any atom is -0.461 e. The van der Waals surface area contributed by atoms with Crippen molar-refractivity contribution in [2.75, 3.05) is 42.6 Å². The lowest BCUT2D eigenvalue weighted by Crippen LogP contribution is -2.47. The van der Waals surface area contributed by atoms with E-state index in [1.807, 2.05) is 0 Å². The largest absolute Gasteiger partial charge is 0.461 e. The molecule has 27 heavy (non-hydrogen) atoms. The standard InChI is InChI=1S/C18H18FN5O3/c1-2-26-18(25)15-14-16(20-11-21-17(14)27-22-15)24-9-7-23(8-10-24)13-5-3-12(19)4-6-13/h3-6,11H,2,7-10H2,1H3. The van der Waals surface area contributed by atoms with Gasteiger partial charge in [0.2, 0.25) is 5.69 Å². The molecular formula is C18H18FN5O3. The number of hydrogen-bond donors (Lipinski definition) is 0. The predicted molar refractivity (Wildman–Crippen MR) is 96.4 cm³/mol. The SMILES string of the molecule is CCOC(=O)c1noc2ncnc(N3CCN(c4ccc(F)cc4)CC3)c12. The molecule has 140 valence electrons. The van der Waals surface area contributed by atoms with Crippen molar-refractivity contribution in [2.24, 2.45) is 0 Å². The van der Waals surface area contributed by atoms with Crippen LogP contribution in [0.4, 0.5) is 15.9 Å². The fourth-order valence-electron chi connectivity index (χ4n) is 3.18. The molecule has 0 saturated carbocycles. The van der Waals surface area contributed by atoms with Gasteiger partial charge in [-0.05, 0) is 31.2 Å². The number of halogens is 1. The zero-order valence-corrected chi connectivity index (χ0v) is 14.8. The Morgan fingerprint density at radius 2 is 1.85 bits per heavy atom. The highest BCUT2D eigenvalue weighted by molar-refractivity contribution is 6.04. The number of aromatic nitrogens is 3. The Balaban J connectivity index is 1.57. The van der Waals surface area contributed by atoms with Gasteiger partial charge in [-0.15, -0.1) is 0 Å². The second-order valence-electron chi connectivity index (χ2n) is 6.08. The van der Waals surface area contributed by atoms with Crippen molar-refractivity contribution < 1.29 is 18.4 Å². The van der Waals surface area contributed by atoms with Gasteiger partial charge in [-0.25, -0.2) is 14.2 Å². The van der Waals surface area contributed by atoms with Gasteiger partial charge >= 0.3 is 5.97 Å². The number of carbonyl (C=O) groups excluding carboxylic acids is 1. The molecule has 0 radical (unpaired) electrons. The average molecular weight is 371 g/mol. The summed E-state index contributed by atoms with van der Waals surface area (Å²) in [5.74, 6) is -0.208. The molecule has 4 rings (SSSR count). The van der Waals surface area contributed by atoms with Gasteiger partial charge in [0.25, 0.3) is 5.71 Å². The molecule has 0 aliphatic carbocycles. The quantitative estimate of drug-likeness (QED) is 0.646. The number of esters is 1. The van der Waals surface area contributed by atoms with Gasteiger partial charge in [-0.1, -0.05) is 5.16 Å². The Morgan fingerprint density at radius 1 is 1.15 bits per heavy atom. The third-order valence-corrected chi connectivity index (χ3v) is 4.49. The first-order chi connectivity index (χ1) is 13.2. The predicted octanol–water partition coefficient (Wildman–Crippen LogP) is 2.26. The average Bonchev–Trinajstić information content (AvgIpc) is 3.13. The summed E-state index contributed by atoms with van der Waals surface area (Å²) in [4.78, 5) is 24.8. The second-order valence-corrected chi connectivity index (χ2v) is 6.08. The maximum Gasteiger partial charge on any atom is 0.361 e. The van der Waals surface area contributed by atoms with Crippen LogP contribution in [0, 0.1) is 5.82 Å². The second kappa shape index (κ2) is 7.18. The fraction of sp³-hybridized carbons (Fsp3) is 0.333. The maximum atomic E-state index is 13.1. The van der Waals surface area contributed by atoms with Gasteiger partial charge in [0.05, 0.1) is 6.61 Å². The fourth-order valence-corrected chi connectivity index (χ4v) is 3.18. The Labute approximate surface area is 154 Å². The van der Waals surface area contributed by atoms with Crippen LogP contribution in [0.1, 0.15) is 17.4 Å². The number of rotatable bonds is 4. The molecule has 3 aromatic rings. The summed E-state index contributed by atoms with van der Waals surface area (Å²) in [6.45, 7) is 4.79. The third-order valence-electron chi connectivity index (χ3n) is 4.49. The Hall–Kier alpha value is -3.23. The minimum absolute atomic E-state index is 0.0865. The van der Waals surface area contributed by atoms with Crippen molar-refractivity contribution in [1.82, 2.24) is 15.1 Å². The molecule has 0 unspecified atom stereocenters. The first-order valence-corrected chi connectivity index (χ1v) is 8.70. The molecule has 1 saturated heterocycles. The number of anilines is 2. The molecule has 8 nitrogen and oxygen atoms in total. The normalized spacial score (nSPS) is 14.6. The first-order valence-electron chi connectivity index (χ1n) is 8.70. The summed E-state index contributed by atoms with van der Waals surface area (Å²) >= 11 is 0. The van der Waals surface area contributed by atoms with E-state index in [1.165, 1.54) is 18.5 Å². The summed E-state index contributed by atoms with van der Waals surface area (Å²) in [6.07, 6.45) is 1.39. The van der Waals surface area contributed by atoms with E-state index >= 15 is 0 Å². The molecule has 0 bridgehead atoms. The minimum atomic E-state index is -0.558. The van der Waals surface area contributed by atoms with E-state index in [0.717, 1.165) is 18.8 Å². The van der Waals surface area contributed by atoms with Crippen LogP contribution >= 0.6 is 0 Å². The van der Waals surface area contributed by atoms with Gasteiger partial charge in [-0.3, -0.25) is 0 Å². The van der Waals surface area contributed by atoms with Crippen molar-refractivity contribution in [3.63, 3.8) is 0 Å². The number of piperazine rings is 1. The van der Waals surface area contributed by atoms with E-state index in [4.69, 9.17) is 9.26 Å². The van der Waals surface area contributed by atoms with Gasteiger partial charge in [0, 0.05) is 31.9 Å². The van der Waals surface area contributed by atoms with Crippen molar-refractivity contribution in [3.05, 3.63) is 42.1 Å². The summed E-state index contributed by atoms with van der Waals surface area (Å²) in [6, 6.07) is 6.45. The third kappa shape index (κ3) is 3.27. The van der Waals surface area contributed by atoms with Crippen molar-refractivity contribution >= 4 is 28.6 Å². The zero-order chi connectivity index (χ0) is 18.8. The first kappa shape index (κ1) is 17.2. The van der Waals surface area contributed by atoms with Gasteiger partial charge in [0.1, 0.15) is 23.3 Å². The van der Waals surface area contributed by atoms with Crippen LogP contribution < -0.4 is 9.80 Å². The van der Waals surface area contributed by atoms with Gasteiger partial charge in [0.15, 0.2) is 0 Å². The lowest BCUT2D eigenvalue weighted by atomic mass is 10.2. The monoisotopic (exact) mass is 371 g/mol. The van der Waals surface area contributed by atoms with Crippen LogP contribution in [-0.4, -0.2) is 53.9 Å². The summed E-state index contributed by atoms with van der Waals surface area (Å²) in [7, 11) is 0. The van der Waals surface area contributed by atoms with Crippen LogP contribution in [0.25, 0.3) is 11.1 Å². The number of fused-ring (bicyclic) bond motifs is 1. The van der Waals surface area contributed by atoms with E-state index < -0.39 is 5.97 Å². The highest BCUT2D eigenvalue weighted by Crippen LogP contribution is 2.28. The number of hydrogen-bond acceptors (Lipinski definition) is 8. The molecule has 0 N–H and O–H groups in total. The van der Waals surface area contributed by atoms with Crippen molar-refractivity contribution in [3.8, 4) is 0 Å². The Morgan fingerprint density at radius 3 is 2.56 bits per heavy atom. The summed E-state index contributed by atoms with van der Waals surface area (Å²) < 4.78 is 23.3. The summed E-state index contributed by atoms with van der Waals surface area (Å²) in [5.41, 5.74) is 1.31. The molecule has 1 aromatic carbocycles. The van der Waals surface area contributed by atoms with Crippen LogP contribution in [0.2, 0.25) is 0 Å². The van der Waals surface area contributed by atoms with E-state index in [-0.39, 0.29) is 23.8 Å². The van der Waals surface area contributed by atoms with E-state index in [2.05, 4.69) is 24.9 Å². The van der Waals surface area contributed by atoms with E-state index in [9.17, 15) is 9.18 Å². The molecule has 9 heteroatoms. The van der Waals surface area contributed by atoms with Crippen LogP contribution in [0.15, 0.2) is 35.1 Å². The van der Waals surface area contributed by atoms with E-state index in [1.54, 1.807) is 19.1 Å². The van der Waals surface area contributed by atoms with Crippen molar-refractivity contribution in [1.29, 1.82) is 0 Å². The zero-order valence-electron chi connectivity index (χ0n) is 14.8. The number of benzene rings is 1. The molecule has 2 aromatic heterocycles. The van der Waals surface area contributed by atoms with Crippen LogP contribution in [0.5, 0.6) is 0 Å².